The third-order valence-corrected chi connectivity index (χ3v) is 5.00. The van der Waals surface area contributed by atoms with Gasteiger partial charge in [0.2, 0.25) is 0 Å². The number of ether oxygens (including phenoxy) is 9. The molecule has 0 radical (unpaired) electrons. The lowest BCUT2D eigenvalue weighted by atomic mass is 10.1. The Morgan fingerprint density at radius 1 is 0.675 bits per heavy atom. The van der Waals surface area contributed by atoms with Crippen molar-refractivity contribution in [1.82, 2.24) is 5.32 Å². The van der Waals surface area contributed by atoms with E-state index in [4.69, 9.17) is 48.4 Å². The molecule has 0 aliphatic rings. The topological polar surface area (TPSA) is 155 Å². The number of nitrogens with two attached hydrogens (primary N) is 1. The van der Waals surface area contributed by atoms with Gasteiger partial charge < -0.3 is 53.7 Å². The van der Waals surface area contributed by atoms with E-state index >= 15 is 0 Å². The molecule has 3 N–H and O–H groups in total. The van der Waals surface area contributed by atoms with Gasteiger partial charge in [0.25, 0.3) is 5.91 Å². The first kappa shape index (κ1) is 35.7. The van der Waals surface area contributed by atoms with Crippen LogP contribution in [0.1, 0.15) is 17.3 Å². The normalized spacial score (nSPS) is 11.1. The lowest BCUT2D eigenvalue weighted by molar-refractivity contribution is -0.123. The number of anilines is 1. The fraction of sp³-hybridized carbons (Fsp3) is 0.704. The van der Waals surface area contributed by atoms with Crippen LogP contribution in [-0.2, 0) is 42.7 Å². The highest BCUT2D eigenvalue weighted by atomic mass is 16.6. The number of ketones is 1. The third-order valence-electron chi connectivity index (χ3n) is 5.00. The minimum Gasteiger partial charge on any atom is -0.484 e. The fourth-order valence-electron chi connectivity index (χ4n) is 2.98. The Balaban J connectivity index is 1.77. The molecular formula is C27H46N2O11. The standard InChI is InChI=1S/C27H46N2O11/c1-23(30)25-4-3-24(21-26(25)28)40-22-27(31)29-5-6-33-9-10-35-13-14-37-17-18-39-20-19-38-16-15-36-12-11-34-8-7-32-2/h3-4,21H,5-20,22,28H2,1-2H3,(H,29,31). The van der Waals surface area contributed by atoms with Crippen molar-refractivity contribution in [1.29, 1.82) is 0 Å². The number of methoxy groups -OCH3 is 1. The van der Waals surface area contributed by atoms with Crippen LogP contribution in [0.5, 0.6) is 5.75 Å². The minimum absolute atomic E-state index is 0.130. The maximum atomic E-state index is 11.9. The van der Waals surface area contributed by atoms with Gasteiger partial charge in [-0.1, -0.05) is 0 Å². The summed E-state index contributed by atoms with van der Waals surface area (Å²) in [7, 11) is 1.64. The molecule has 0 heterocycles. The molecule has 0 saturated heterocycles. The maximum Gasteiger partial charge on any atom is 0.258 e. The van der Waals surface area contributed by atoms with Gasteiger partial charge in [-0.15, -0.1) is 0 Å². The van der Waals surface area contributed by atoms with Gasteiger partial charge in [-0.2, -0.15) is 0 Å². The average Bonchev–Trinajstić information content (AvgIpc) is 2.94. The van der Waals surface area contributed by atoms with Crippen molar-refractivity contribution in [2.24, 2.45) is 0 Å². The quantitative estimate of drug-likeness (QED) is 0.0823. The molecule has 1 amide bonds. The Morgan fingerprint density at radius 2 is 1.10 bits per heavy atom. The number of carbonyl (C=O) groups is 2. The molecule has 0 bridgehead atoms. The Labute approximate surface area is 236 Å². The van der Waals surface area contributed by atoms with Gasteiger partial charge in [0, 0.05) is 31.0 Å². The zero-order chi connectivity index (χ0) is 29.1. The van der Waals surface area contributed by atoms with Gasteiger partial charge in [-0.3, -0.25) is 9.59 Å². The first-order chi connectivity index (χ1) is 19.5. The SMILES string of the molecule is COCCOCCOCCOCCOCCOCCOCCOCCNC(=O)COc1ccc(C(C)=O)c(N)c1. The van der Waals surface area contributed by atoms with Crippen molar-refractivity contribution < 1.29 is 52.2 Å². The van der Waals surface area contributed by atoms with Gasteiger partial charge >= 0.3 is 0 Å². The van der Waals surface area contributed by atoms with E-state index in [1.165, 1.54) is 13.0 Å². The van der Waals surface area contributed by atoms with Crippen molar-refractivity contribution in [3.05, 3.63) is 23.8 Å². The lowest BCUT2D eigenvalue weighted by Gasteiger charge is -2.10. The third kappa shape index (κ3) is 20.5. The molecule has 0 spiro atoms. The van der Waals surface area contributed by atoms with E-state index in [1.54, 1.807) is 19.2 Å². The predicted molar refractivity (Wildman–Crippen MR) is 147 cm³/mol. The Kier molecular flexibility index (Phi) is 22.8. The molecule has 0 fully saturated rings. The van der Waals surface area contributed by atoms with Gasteiger partial charge in [-0.05, 0) is 19.1 Å². The molecule has 1 aromatic rings. The molecule has 13 heteroatoms. The molecule has 230 valence electrons. The highest BCUT2D eigenvalue weighted by molar-refractivity contribution is 5.99. The molecule has 0 atom stereocenters. The highest BCUT2D eigenvalue weighted by Crippen LogP contribution is 2.20. The van der Waals surface area contributed by atoms with E-state index in [2.05, 4.69) is 5.32 Å². The minimum atomic E-state index is -0.288. The van der Waals surface area contributed by atoms with Crippen molar-refractivity contribution in [2.45, 2.75) is 6.92 Å². The van der Waals surface area contributed by atoms with E-state index in [9.17, 15) is 9.59 Å². The van der Waals surface area contributed by atoms with Gasteiger partial charge in [0.1, 0.15) is 5.75 Å². The summed E-state index contributed by atoms with van der Waals surface area (Å²) in [5.41, 5.74) is 6.54. The number of benzene rings is 1. The molecule has 0 saturated carbocycles. The Bertz CT molecular complexity index is 783. The lowest BCUT2D eigenvalue weighted by Crippen LogP contribution is -2.32. The van der Waals surface area contributed by atoms with Crippen LogP contribution in [0, 0.1) is 0 Å². The van der Waals surface area contributed by atoms with E-state index < -0.39 is 0 Å². The summed E-state index contributed by atoms with van der Waals surface area (Å²) in [4.78, 5) is 23.3. The largest absolute Gasteiger partial charge is 0.484 e. The van der Waals surface area contributed by atoms with Crippen LogP contribution in [0.2, 0.25) is 0 Å². The van der Waals surface area contributed by atoms with Crippen molar-refractivity contribution >= 4 is 17.4 Å². The molecule has 0 aromatic heterocycles. The molecule has 1 aromatic carbocycles. The number of rotatable bonds is 28. The smallest absolute Gasteiger partial charge is 0.258 e. The van der Waals surface area contributed by atoms with E-state index in [0.717, 1.165) is 0 Å². The summed E-state index contributed by atoms with van der Waals surface area (Å²) in [6.45, 7) is 8.95. The van der Waals surface area contributed by atoms with Gasteiger partial charge in [-0.25, -0.2) is 0 Å². The van der Waals surface area contributed by atoms with Crippen LogP contribution >= 0.6 is 0 Å². The van der Waals surface area contributed by atoms with Crippen LogP contribution in [0.4, 0.5) is 5.69 Å². The van der Waals surface area contributed by atoms with E-state index in [-0.39, 0.29) is 18.3 Å². The van der Waals surface area contributed by atoms with Crippen LogP contribution in [0.3, 0.4) is 0 Å². The molecular weight excluding hydrogens is 528 g/mol. The molecule has 0 aliphatic carbocycles. The van der Waals surface area contributed by atoms with Crippen molar-refractivity contribution in [3.63, 3.8) is 0 Å². The maximum absolute atomic E-state index is 11.9. The second-order valence-corrected chi connectivity index (χ2v) is 8.22. The monoisotopic (exact) mass is 574 g/mol. The number of hydrogen-bond donors (Lipinski definition) is 2. The zero-order valence-corrected chi connectivity index (χ0v) is 23.8. The molecule has 1 rings (SSSR count). The Morgan fingerprint density at radius 3 is 1.50 bits per heavy atom. The summed E-state index contributed by atoms with van der Waals surface area (Å²) < 4.78 is 48.1. The molecule has 40 heavy (non-hydrogen) atoms. The van der Waals surface area contributed by atoms with E-state index in [0.29, 0.717) is 123 Å². The fourth-order valence-corrected chi connectivity index (χ4v) is 2.98. The second-order valence-electron chi connectivity index (χ2n) is 8.22. The van der Waals surface area contributed by atoms with Crippen molar-refractivity contribution in [2.75, 3.05) is 125 Å². The van der Waals surface area contributed by atoms with Crippen LogP contribution in [0.15, 0.2) is 18.2 Å². The number of Topliss-reactive ketones (excluding diaryl/α,β-unsaturated/α-hetero) is 1. The first-order valence-electron chi connectivity index (χ1n) is 13.4. The molecule has 13 nitrogen and oxygen atoms in total. The number of amides is 1. The van der Waals surface area contributed by atoms with Gasteiger partial charge in [0.15, 0.2) is 12.4 Å². The second kappa shape index (κ2) is 25.6. The number of hydrogen-bond acceptors (Lipinski definition) is 12. The number of nitrogens with one attached hydrogen (secondary N) is 1. The predicted octanol–water partition coefficient (Wildman–Crippen LogP) is 0.729. The van der Waals surface area contributed by atoms with Crippen LogP contribution < -0.4 is 15.8 Å². The molecule has 0 unspecified atom stereocenters. The van der Waals surface area contributed by atoms with Crippen LogP contribution in [0.25, 0.3) is 0 Å². The summed E-state index contributed by atoms with van der Waals surface area (Å²) >= 11 is 0. The summed E-state index contributed by atoms with van der Waals surface area (Å²) in [6, 6.07) is 4.70. The summed E-state index contributed by atoms with van der Waals surface area (Å²) in [6.07, 6.45) is 0. The average molecular weight is 575 g/mol. The zero-order valence-electron chi connectivity index (χ0n) is 23.8. The van der Waals surface area contributed by atoms with Crippen molar-refractivity contribution in [3.8, 4) is 5.75 Å². The number of nitrogen functional groups attached to an aromatic ring is 1. The van der Waals surface area contributed by atoms with Gasteiger partial charge in [0.05, 0.1) is 99.1 Å². The highest BCUT2D eigenvalue weighted by Gasteiger charge is 2.07. The summed E-state index contributed by atoms with van der Waals surface area (Å²) in [5.74, 6) is 0.000625. The summed E-state index contributed by atoms with van der Waals surface area (Å²) in [5, 5.41) is 2.69. The number of carbonyl (C=O) groups excluding carboxylic acids is 2. The first-order valence-corrected chi connectivity index (χ1v) is 13.4. The van der Waals surface area contributed by atoms with E-state index in [1.807, 2.05) is 0 Å². The van der Waals surface area contributed by atoms with Crippen LogP contribution in [-0.4, -0.2) is 131 Å². The molecule has 0 aliphatic heterocycles. The Hall–Kier alpha value is -2.36.